The number of carbonyl (C=O) groups excluding carboxylic acids is 2. The number of benzene rings is 2. The predicted octanol–water partition coefficient (Wildman–Crippen LogP) is 3.07. The third-order valence-electron chi connectivity index (χ3n) is 6.36. The van der Waals surface area contributed by atoms with Crippen molar-refractivity contribution in [2.75, 3.05) is 38.1 Å². The smallest absolute Gasteiger partial charge is 0.242 e. The summed E-state index contributed by atoms with van der Waals surface area (Å²) in [5, 5.41) is 16.3. The van der Waals surface area contributed by atoms with Gasteiger partial charge in [0.05, 0.1) is 24.7 Å². The van der Waals surface area contributed by atoms with Crippen molar-refractivity contribution >= 4 is 29.1 Å². The lowest BCUT2D eigenvalue weighted by Gasteiger charge is -2.30. The second-order valence-electron chi connectivity index (χ2n) is 9.41. The van der Waals surface area contributed by atoms with Gasteiger partial charge in [0.1, 0.15) is 0 Å². The molecule has 1 unspecified atom stereocenters. The Morgan fingerprint density at radius 2 is 1.86 bits per heavy atom. The van der Waals surface area contributed by atoms with Gasteiger partial charge in [0.25, 0.3) is 0 Å². The molecule has 2 amide bonds. The summed E-state index contributed by atoms with van der Waals surface area (Å²) in [7, 11) is 1.81. The van der Waals surface area contributed by atoms with Crippen LogP contribution < -0.4 is 15.5 Å². The topological polar surface area (TPSA) is 88.5 Å². The number of rotatable bonds is 10. The van der Waals surface area contributed by atoms with Gasteiger partial charge in [-0.2, -0.15) is 5.26 Å². The number of carbonyl (C=O) groups is 2. The first-order chi connectivity index (χ1) is 16.7. The summed E-state index contributed by atoms with van der Waals surface area (Å²) in [6, 6.07) is 13.7. The van der Waals surface area contributed by atoms with E-state index in [4.69, 9.17) is 11.6 Å². The molecule has 0 aromatic heterocycles. The highest BCUT2D eigenvalue weighted by molar-refractivity contribution is 6.30. The van der Waals surface area contributed by atoms with E-state index in [-0.39, 0.29) is 30.9 Å². The number of halogens is 1. The maximum atomic E-state index is 13.4. The number of fused-ring (bicyclic) bond motifs is 1. The van der Waals surface area contributed by atoms with Crippen molar-refractivity contribution < 1.29 is 9.59 Å². The molecule has 0 heterocycles. The van der Waals surface area contributed by atoms with Gasteiger partial charge in [-0.05, 0) is 60.7 Å². The van der Waals surface area contributed by atoms with Gasteiger partial charge in [-0.3, -0.25) is 9.59 Å². The van der Waals surface area contributed by atoms with Crippen LogP contribution >= 0.6 is 11.6 Å². The number of nitrogens with one attached hydrogen (secondary N) is 2. The molecule has 2 aromatic carbocycles. The Labute approximate surface area is 213 Å². The molecule has 35 heavy (non-hydrogen) atoms. The van der Waals surface area contributed by atoms with Gasteiger partial charge in [-0.1, -0.05) is 37.6 Å². The van der Waals surface area contributed by atoms with Crippen LogP contribution in [0.4, 0.5) is 5.69 Å². The Kier molecular flexibility index (Phi) is 9.13. The maximum absolute atomic E-state index is 13.4. The van der Waals surface area contributed by atoms with E-state index < -0.39 is 0 Å². The number of likely N-dealkylation sites (N-methyl/N-ethyl adjacent to an activating group) is 1. The van der Waals surface area contributed by atoms with E-state index in [0.29, 0.717) is 35.4 Å². The number of nitriles is 1. The van der Waals surface area contributed by atoms with Crippen LogP contribution in [-0.4, -0.2) is 62.0 Å². The second-order valence-corrected chi connectivity index (χ2v) is 9.84. The minimum atomic E-state index is -0.171. The Bertz CT molecular complexity index is 1110. The van der Waals surface area contributed by atoms with Gasteiger partial charge in [0.2, 0.25) is 11.8 Å². The van der Waals surface area contributed by atoms with Gasteiger partial charge < -0.3 is 20.4 Å². The average Bonchev–Trinajstić information content (AvgIpc) is 3.24. The van der Waals surface area contributed by atoms with E-state index in [9.17, 15) is 14.9 Å². The molecule has 0 fully saturated rings. The molecule has 1 aliphatic carbocycles. The molecule has 186 valence electrons. The number of anilines is 1. The molecule has 0 spiro atoms. The molecule has 2 N–H and O–H groups in total. The molecule has 7 nitrogen and oxygen atoms in total. The first-order valence-electron chi connectivity index (χ1n) is 12.0. The fraction of sp³-hybridized carbons (Fsp3) is 0.444. The van der Waals surface area contributed by atoms with E-state index in [1.165, 1.54) is 11.1 Å². The Balaban J connectivity index is 1.72. The molecular formula is C27H34ClN5O2. The van der Waals surface area contributed by atoms with Crippen molar-refractivity contribution in [2.24, 2.45) is 0 Å². The van der Waals surface area contributed by atoms with E-state index in [0.717, 1.165) is 18.4 Å². The number of amides is 2. The lowest BCUT2D eigenvalue weighted by Crippen LogP contribution is -2.47. The first kappa shape index (κ1) is 26.5. The molecule has 2 aromatic rings. The summed E-state index contributed by atoms with van der Waals surface area (Å²) in [5.41, 5.74) is 4.48. The summed E-state index contributed by atoms with van der Waals surface area (Å²) in [6.07, 6.45) is 1.53. The zero-order chi connectivity index (χ0) is 25.5. The highest BCUT2D eigenvalue weighted by Crippen LogP contribution is 2.28. The Morgan fingerprint density at radius 3 is 2.57 bits per heavy atom. The van der Waals surface area contributed by atoms with Gasteiger partial charge in [-0.25, -0.2) is 0 Å². The standard InChI is InChI=1S/C27H34ClN5O2/c1-18(2)30-9-10-31-26(34)16-33(25-11-20(15-29)6-5-19(25)3)17-27(35)32(4)24-13-21-7-8-23(28)12-22(21)14-24/h5-8,11-12,18,24,30H,9-10,13-14,16-17H2,1-4H3,(H,31,34). The molecule has 0 radical (unpaired) electrons. The van der Waals surface area contributed by atoms with Crippen LogP contribution in [0.3, 0.4) is 0 Å². The van der Waals surface area contributed by atoms with Crippen LogP contribution in [-0.2, 0) is 22.4 Å². The van der Waals surface area contributed by atoms with Crippen LogP contribution in [0.2, 0.25) is 5.02 Å². The molecule has 0 saturated carbocycles. The zero-order valence-electron chi connectivity index (χ0n) is 20.9. The minimum Gasteiger partial charge on any atom is -0.353 e. The minimum absolute atomic E-state index is 0.0253. The zero-order valence-corrected chi connectivity index (χ0v) is 21.7. The number of hydrogen-bond acceptors (Lipinski definition) is 5. The van der Waals surface area contributed by atoms with Crippen molar-refractivity contribution in [2.45, 2.75) is 45.7 Å². The monoisotopic (exact) mass is 495 g/mol. The highest BCUT2D eigenvalue weighted by Gasteiger charge is 2.29. The number of aryl methyl sites for hydroxylation is 1. The van der Waals surface area contributed by atoms with Crippen molar-refractivity contribution in [3.63, 3.8) is 0 Å². The van der Waals surface area contributed by atoms with Crippen molar-refractivity contribution in [1.29, 1.82) is 5.26 Å². The van der Waals surface area contributed by atoms with E-state index in [2.05, 4.69) is 16.7 Å². The summed E-state index contributed by atoms with van der Waals surface area (Å²) in [6.45, 7) is 7.25. The fourth-order valence-corrected chi connectivity index (χ4v) is 4.55. The lowest BCUT2D eigenvalue weighted by atomic mass is 10.1. The van der Waals surface area contributed by atoms with Crippen molar-refractivity contribution in [3.8, 4) is 6.07 Å². The van der Waals surface area contributed by atoms with Crippen LogP contribution in [0.1, 0.15) is 36.1 Å². The molecule has 1 atom stereocenters. The summed E-state index contributed by atoms with van der Waals surface area (Å²) in [5.74, 6) is -0.249. The molecule has 8 heteroatoms. The molecule has 0 saturated heterocycles. The third-order valence-corrected chi connectivity index (χ3v) is 6.59. The Hall–Kier alpha value is -3.08. The highest BCUT2D eigenvalue weighted by atomic mass is 35.5. The van der Waals surface area contributed by atoms with Crippen LogP contribution in [0.5, 0.6) is 0 Å². The fourth-order valence-electron chi connectivity index (χ4n) is 4.35. The predicted molar refractivity (Wildman–Crippen MR) is 140 cm³/mol. The SMILES string of the molecule is Cc1ccc(C#N)cc1N(CC(=O)NCCNC(C)C)CC(=O)N(C)C1Cc2ccc(Cl)cc2C1. The van der Waals surface area contributed by atoms with Crippen molar-refractivity contribution in [1.82, 2.24) is 15.5 Å². The molecular weight excluding hydrogens is 462 g/mol. The molecule has 3 rings (SSSR count). The summed E-state index contributed by atoms with van der Waals surface area (Å²) >= 11 is 6.15. The number of nitrogens with zero attached hydrogens (tertiary/aromatic N) is 3. The van der Waals surface area contributed by atoms with Gasteiger partial charge >= 0.3 is 0 Å². The van der Waals surface area contributed by atoms with E-state index in [1.54, 1.807) is 21.9 Å². The first-order valence-corrected chi connectivity index (χ1v) is 12.3. The Morgan fingerprint density at radius 1 is 1.11 bits per heavy atom. The maximum Gasteiger partial charge on any atom is 0.242 e. The second kappa shape index (κ2) is 12.1. The largest absolute Gasteiger partial charge is 0.353 e. The average molecular weight is 496 g/mol. The van der Waals surface area contributed by atoms with Gasteiger partial charge in [0, 0.05) is 42.9 Å². The van der Waals surface area contributed by atoms with E-state index in [1.807, 2.05) is 52.1 Å². The molecule has 1 aliphatic rings. The van der Waals surface area contributed by atoms with Crippen molar-refractivity contribution in [3.05, 3.63) is 63.7 Å². The van der Waals surface area contributed by atoms with Crippen LogP contribution in [0.25, 0.3) is 0 Å². The lowest BCUT2D eigenvalue weighted by molar-refractivity contribution is -0.130. The quantitative estimate of drug-likeness (QED) is 0.494. The van der Waals surface area contributed by atoms with Crippen LogP contribution in [0.15, 0.2) is 36.4 Å². The summed E-state index contributed by atoms with van der Waals surface area (Å²) < 4.78 is 0. The van der Waals surface area contributed by atoms with Gasteiger partial charge in [0.15, 0.2) is 0 Å². The van der Waals surface area contributed by atoms with E-state index >= 15 is 0 Å². The summed E-state index contributed by atoms with van der Waals surface area (Å²) in [4.78, 5) is 29.6. The molecule has 0 bridgehead atoms. The normalized spacial score (nSPS) is 14.4. The van der Waals surface area contributed by atoms with Gasteiger partial charge in [-0.15, -0.1) is 0 Å². The third kappa shape index (κ3) is 7.20. The van der Waals surface area contributed by atoms with Crippen LogP contribution in [0, 0.1) is 18.3 Å². The molecule has 0 aliphatic heterocycles. The number of hydrogen-bond donors (Lipinski definition) is 2.